The van der Waals surface area contributed by atoms with Crippen molar-refractivity contribution >= 4 is 31.2 Å². The number of thiol groups is 2. The summed E-state index contributed by atoms with van der Waals surface area (Å²) in [5, 5.41) is 11.0. The molecule has 0 aromatic heterocycles. The summed E-state index contributed by atoms with van der Waals surface area (Å²) in [4.78, 5) is 10.0. The van der Waals surface area contributed by atoms with Crippen LogP contribution in [0.5, 0.6) is 0 Å². The van der Waals surface area contributed by atoms with Gasteiger partial charge in [0.1, 0.15) is 0 Å². The predicted molar refractivity (Wildman–Crippen MR) is 47.1 cm³/mol. The Hall–Kier alpha value is 0.130. The largest absolute Gasteiger partial charge is 0.480 e. The second kappa shape index (κ2) is 5.88. The maximum absolute atomic E-state index is 10.0. The maximum atomic E-state index is 10.0. The Kier molecular flexibility index (Phi) is 5.96. The molecular formula is C5H11NO2S2. The smallest absolute Gasteiger partial charge is 0.317 e. The highest BCUT2D eigenvalue weighted by molar-refractivity contribution is 7.81. The zero-order chi connectivity index (χ0) is 7.98. The summed E-state index contributed by atoms with van der Waals surface area (Å²) in [5.41, 5.74) is 0. The minimum absolute atomic E-state index is 0.0220. The molecule has 2 N–H and O–H groups in total. The summed E-state index contributed by atoms with van der Waals surface area (Å²) < 4.78 is 0. The summed E-state index contributed by atoms with van der Waals surface area (Å²) in [6.45, 7) is -0.0220. The van der Waals surface area contributed by atoms with Gasteiger partial charge < -0.3 is 10.4 Å². The Morgan fingerprint density at radius 2 is 2.00 bits per heavy atom. The van der Waals surface area contributed by atoms with Gasteiger partial charge in [-0.2, -0.15) is 25.3 Å². The van der Waals surface area contributed by atoms with Crippen LogP contribution < -0.4 is 5.32 Å². The van der Waals surface area contributed by atoms with Crippen LogP contribution in [0.3, 0.4) is 0 Å². The van der Waals surface area contributed by atoms with Gasteiger partial charge in [0.25, 0.3) is 0 Å². The molecule has 5 heteroatoms. The van der Waals surface area contributed by atoms with Gasteiger partial charge in [0, 0.05) is 17.5 Å². The third-order valence-electron chi connectivity index (χ3n) is 0.983. The van der Waals surface area contributed by atoms with Crippen molar-refractivity contribution in [3.63, 3.8) is 0 Å². The number of rotatable bonds is 5. The number of carboxylic acid groups (broad SMARTS) is 1. The van der Waals surface area contributed by atoms with Gasteiger partial charge in [-0.25, -0.2) is 0 Å². The molecule has 0 aliphatic rings. The van der Waals surface area contributed by atoms with Crippen LogP contribution in [0.4, 0.5) is 0 Å². The average molecular weight is 181 g/mol. The van der Waals surface area contributed by atoms with Crippen LogP contribution in [0.1, 0.15) is 0 Å². The Morgan fingerprint density at radius 3 is 2.30 bits per heavy atom. The van der Waals surface area contributed by atoms with E-state index < -0.39 is 5.97 Å². The van der Waals surface area contributed by atoms with Crippen molar-refractivity contribution < 1.29 is 9.90 Å². The molecule has 0 fully saturated rings. The fourth-order valence-electron chi connectivity index (χ4n) is 0.418. The summed E-state index contributed by atoms with van der Waals surface area (Å²) in [7, 11) is 0. The van der Waals surface area contributed by atoms with Gasteiger partial charge in [-0.1, -0.05) is 0 Å². The highest BCUT2D eigenvalue weighted by Gasteiger charge is 2.04. The second-order valence-corrected chi connectivity index (χ2v) is 2.57. The lowest BCUT2D eigenvalue weighted by Crippen LogP contribution is -2.36. The van der Waals surface area contributed by atoms with Crippen molar-refractivity contribution in [2.24, 2.45) is 0 Å². The standard InChI is InChI=1S/C5H11NO2S2/c7-5(8)1-6-4(2-9)3-10/h4,6,9-10H,1-3H2,(H,7,8). The predicted octanol–water partition coefficient (Wildman–Crippen LogP) is -0.111. The third kappa shape index (κ3) is 4.96. The first kappa shape index (κ1) is 10.1. The molecule has 0 saturated heterocycles. The fourth-order valence-corrected chi connectivity index (χ4v) is 1.14. The number of hydrogen-bond donors (Lipinski definition) is 4. The van der Waals surface area contributed by atoms with E-state index in [0.717, 1.165) is 0 Å². The van der Waals surface area contributed by atoms with E-state index in [0.29, 0.717) is 11.5 Å². The first-order chi connectivity index (χ1) is 4.70. The summed E-state index contributed by atoms with van der Waals surface area (Å²) >= 11 is 7.99. The maximum Gasteiger partial charge on any atom is 0.317 e. The third-order valence-corrected chi connectivity index (χ3v) is 1.86. The number of carboxylic acids is 1. The van der Waals surface area contributed by atoms with Crippen LogP contribution in [0.15, 0.2) is 0 Å². The molecule has 0 amide bonds. The Morgan fingerprint density at radius 1 is 1.50 bits per heavy atom. The van der Waals surface area contributed by atoms with Gasteiger partial charge in [0.05, 0.1) is 6.54 Å². The average Bonchev–Trinajstić information content (AvgIpc) is 1.90. The van der Waals surface area contributed by atoms with Crippen LogP contribution in [0.25, 0.3) is 0 Å². The van der Waals surface area contributed by atoms with E-state index >= 15 is 0 Å². The van der Waals surface area contributed by atoms with E-state index in [1.165, 1.54) is 0 Å². The van der Waals surface area contributed by atoms with Crippen molar-refractivity contribution in [2.45, 2.75) is 6.04 Å². The summed E-state index contributed by atoms with van der Waals surface area (Å²) in [6, 6.07) is 0.0859. The topological polar surface area (TPSA) is 49.3 Å². The van der Waals surface area contributed by atoms with Crippen molar-refractivity contribution in [1.82, 2.24) is 5.32 Å². The SMILES string of the molecule is O=C(O)CNC(CS)CS. The molecule has 0 atom stereocenters. The van der Waals surface area contributed by atoms with Crippen molar-refractivity contribution in [3.8, 4) is 0 Å². The van der Waals surface area contributed by atoms with Crippen LogP contribution in [0, 0.1) is 0 Å². The molecule has 0 aromatic carbocycles. The van der Waals surface area contributed by atoms with Crippen LogP contribution in [0.2, 0.25) is 0 Å². The van der Waals surface area contributed by atoms with E-state index in [2.05, 4.69) is 30.6 Å². The van der Waals surface area contributed by atoms with Crippen LogP contribution in [-0.2, 0) is 4.79 Å². The molecule has 60 valence electrons. The van der Waals surface area contributed by atoms with Gasteiger partial charge in [-0.3, -0.25) is 4.79 Å². The molecule has 0 aliphatic heterocycles. The van der Waals surface area contributed by atoms with E-state index in [-0.39, 0.29) is 12.6 Å². The Labute approximate surface area is 71.0 Å². The van der Waals surface area contributed by atoms with E-state index in [1.54, 1.807) is 0 Å². The van der Waals surface area contributed by atoms with Gasteiger partial charge >= 0.3 is 5.97 Å². The molecule has 0 aliphatic carbocycles. The molecule has 0 bridgehead atoms. The molecule has 3 nitrogen and oxygen atoms in total. The Bertz CT molecular complexity index is 106. The highest BCUT2D eigenvalue weighted by Crippen LogP contribution is 1.89. The molecule has 0 rings (SSSR count). The molecule has 0 heterocycles. The van der Waals surface area contributed by atoms with E-state index in [4.69, 9.17) is 5.11 Å². The molecule has 10 heavy (non-hydrogen) atoms. The lowest BCUT2D eigenvalue weighted by Gasteiger charge is -2.10. The summed E-state index contributed by atoms with van der Waals surface area (Å²) in [5.74, 6) is 0.363. The quantitative estimate of drug-likeness (QED) is 0.448. The number of hydrogen-bond acceptors (Lipinski definition) is 4. The first-order valence-electron chi connectivity index (χ1n) is 2.87. The van der Waals surface area contributed by atoms with E-state index in [1.807, 2.05) is 0 Å². The summed E-state index contributed by atoms with van der Waals surface area (Å²) in [6.07, 6.45) is 0. The minimum Gasteiger partial charge on any atom is -0.480 e. The lowest BCUT2D eigenvalue weighted by atomic mass is 10.4. The lowest BCUT2D eigenvalue weighted by molar-refractivity contribution is -0.136. The minimum atomic E-state index is -0.853. The number of carbonyl (C=O) groups is 1. The van der Waals surface area contributed by atoms with Gasteiger partial charge in [0.15, 0.2) is 0 Å². The van der Waals surface area contributed by atoms with Gasteiger partial charge in [-0.05, 0) is 0 Å². The van der Waals surface area contributed by atoms with Crippen LogP contribution >= 0.6 is 25.3 Å². The molecule has 0 saturated carbocycles. The normalized spacial score (nSPS) is 10.3. The molecule has 0 spiro atoms. The molecular weight excluding hydrogens is 170 g/mol. The van der Waals surface area contributed by atoms with E-state index in [9.17, 15) is 4.79 Å². The molecule has 0 aromatic rings. The van der Waals surface area contributed by atoms with Crippen molar-refractivity contribution in [2.75, 3.05) is 18.1 Å². The van der Waals surface area contributed by atoms with Crippen molar-refractivity contribution in [3.05, 3.63) is 0 Å². The fraction of sp³-hybridized carbons (Fsp3) is 0.800. The zero-order valence-electron chi connectivity index (χ0n) is 5.45. The van der Waals surface area contributed by atoms with Gasteiger partial charge in [0.2, 0.25) is 0 Å². The second-order valence-electron chi connectivity index (χ2n) is 1.84. The zero-order valence-corrected chi connectivity index (χ0v) is 7.24. The number of nitrogens with one attached hydrogen (secondary N) is 1. The van der Waals surface area contributed by atoms with Crippen molar-refractivity contribution in [1.29, 1.82) is 0 Å². The highest BCUT2D eigenvalue weighted by atomic mass is 32.1. The molecule has 0 unspecified atom stereocenters. The Balaban J connectivity index is 3.34. The first-order valence-corrected chi connectivity index (χ1v) is 4.14. The molecule has 0 radical (unpaired) electrons. The van der Waals surface area contributed by atoms with Crippen LogP contribution in [-0.4, -0.2) is 35.2 Å². The number of aliphatic carboxylic acids is 1. The van der Waals surface area contributed by atoms with Gasteiger partial charge in [-0.15, -0.1) is 0 Å². The monoisotopic (exact) mass is 181 g/mol.